The lowest BCUT2D eigenvalue weighted by molar-refractivity contribution is -0.133. The molecule has 1 aromatic heterocycles. The van der Waals surface area contributed by atoms with E-state index in [9.17, 15) is 9.59 Å². The Balaban J connectivity index is 1.29. The van der Waals surface area contributed by atoms with Crippen molar-refractivity contribution in [2.24, 2.45) is 0 Å². The van der Waals surface area contributed by atoms with Gasteiger partial charge in [-0.2, -0.15) is 0 Å². The molecule has 2 aliphatic rings. The van der Waals surface area contributed by atoms with Crippen LogP contribution < -0.4 is 0 Å². The SMILES string of the molecule is O=C(CN1CCN(C(=O)c2cc(-c3ccccc3)on2)CC1)N1CCCCC1. The van der Waals surface area contributed by atoms with Crippen molar-refractivity contribution in [3.05, 3.63) is 42.1 Å². The number of amides is 2. The van der Waals surface area contributed by atoms with Gasteiger partial charge in [-0.15, -0.1) is 0 Å². The molecule has 0 atom stereocenters. The molecule has 0 N–H and O–H groups in total. The molecule has 7 heteroatoms. The Hall–Kier alpha value is -2.67. The molecule has 0 unspecified atom stereocenters. The number of hydrogen-bond acceptors (Lipinski definition) is 5. The second-order valence-electron chi connectivity index (χ2n) is 7.45. The number of likely N-dealkylation sites (tertiary alicyclic amines) is 1. The van der Waals surface area contributed by atoms with Gasteiger partial charge in [-0.3, -0.25) is 14.5 Å². The largest absolute Gasteiger partial charge is 0.355 e. The lowest BCUT2D eigenvalue weighted by Crippen LogP contribution is -2.52. The van der Waals surface area contributed by atoms with Crippen LogP contribution in [-0.4, -0.2) is 77.5 Å². The number of piperazine rings is 1. The van der Waals surface area contributed by atoms with Gasteiger partial charge < -0.3 is 14.3 Å². The van der Waals surface area contributed by atoms with Crippen LogP contribution >= 0.6 is 0 Å². The molecule has 2 fully saturated rings. The number of carbonyl (C=O) groups excluding carboxylic acids is 2. The molecule has 0 aliphatic carbocycles. The van der Waals surface area contributed by atoms with Gasteiger partial charge in [0.1, 0.15) is 0 Å². The molecule has 2 saturated heterocycles. The first-order valence-corrected chi connectivity index (χ1v) is 10.0. The second-order valence-corrected chi connectivity index (χ2v) is 7.45. The van der Waals surface area contributed by atoms with E-state index in [1.165, 1.54) is 6.42 Å². The zero-order valence-corrected chi connectivity index (χ0v) is 16.0. The van der Waals surface area contributed by atoms with E-state index in [0.29, 0.717) is 44.2 Å². The highest BCUT2D eigenvalue weighted by Gasteiger charge is 2.27. The van der Waals surface area contributed by atoms with Crippen molar-refractivity contribution < 1.29 is 14.1 Å². The Morgan fingerprint density at radius 1 is 0.893 bits per heavy atom. The minimum atomic E-state index is -0.118. The van der Waals surface area contributed by atoms with E-state index in [2.05, 4.69) is 10.1 Å². The first-order chi connectivity index (χ1) is 13.7. The Morgan fingerprint density at radius 3 is 2.32 bits per heavy atom. The molecular formula is C21H26N4O3. The Morgan fingerprint density at radius 2 is 1.61 bits per heavy atom. The molecule has 2 aromatic rings. The summed E-state index contributed by atoms with van der Waals surface area (Å²) in [6.45, 7) is 4.81. The first-order valence-electron chi connectivity index (χ1n) is 10.0. The van der Waals surface area contributed by atoms with E-state index < -0.39 is 0 Å². The maximum absolute atomic E-state index is 12.7. The molecule has 148 valence electrons. The summed E-state index contributed by atoms with van der Waals surface area (Å²) >= 11 is 0. The van der Waals surface area contributed by atoms with Crippen LogP contribution in [0.3, 0.4) is 0 Å². The Kier molecular flexibility index (Phi) is 5.71. The number of nitrogens with zero attached hydrogens (tertiary/aromatic N) is 4. The lowest BCUT2D eigenvalue weighted by Gasteiger charge is -2.35. The smallest absolute Gasteiger partial charge is 0.276 e. The van der Waals surface area contributed by atoms with Crippen molar-refractivity contribution in [2.75, 3.05) is 45.8 Å². The molecule has 3 heterocycles. The van der Waals surface area contributed by atoms with Crippen LogP contribution in [0, 0.1) is 0 Å². The highest BCUT2D eigenvalue weighted by molar-refractivity contribution is 5.93. The predicted octanol–water partition coefficient (Wildman–Crippen LogP) is 2.11. The summed E-state index contributed by atoms with van der Waals surface area (Å²) in [5, 5.41) is 3.96. The highest BCUT2D eigenvalue weighted by Crippen LogP contribution is 2.21. The average Bonchev–Trinajstić information content (AvgIpc) is 3.25. The molecule has 0 bridgehead atoms. The third-order valence-electron chi connectivity index (χ3n) is 5.51. The molecule has 2 aliphatic heterocycles. The van der Waals surface area contributed by atoms with Gasteiger partial charge in [0.2, 0.25) is 5.91 Å². The van der Waals surface area contributed by atoms with Gasteiger partial charge in [0, 0.05) is 50.9 Å². The molecule has 4 rings (SSSR count). The van der Waals surface area contributed by atoms with Gasteiger partial charge in [-0.1, -0.05) is 35.5 Å². The van der Waals surface area contributed by atoms with Crippen LogP contribution in [-0.2, 0) is 4.79 Å². The fraction of sp³-hybridized carbons (Fsp3) is 0.476. The molecule has 7 nitrogen and oxygen atoms in total. The fourth-order valence-corrected chi connectivity index (χ4v) is 3.82. The minimum Gasteiger partial charge on any atom is -0.355 e. The number of rotatable bonds is 4. The summed E-state index contributed by atoms with van der Waals surface area (Å²) in [7, 11) is 0. The van der Waals surface area contributed by atoms with Gasteiger partial charge in [0.15, 0.2) is 11.5 Å². The fourth-order valence-electron chi connectivity index (χ4n) is 3.82. The van der Waals surface area contributed by atoms with E-state index in [1.54, 1.807) is 11.0 Å². The van der Waals surface area contributed by atoms with Crippen LogP contribution in [0.25, 0.3) is 11.3 Å². The van der Waals surface area contributed by atoms with Crippen molar-refractivity contribution in [1.82, 2.24) is 19.9 Å². The van der Waals surface area contributed by atoms with Crippen molar-refractivity contribution >= 4 is 11.8 Å². The summed E-state index contributed by atoms with van der Waals surface area (Å²) in [6.07, 6.45) is 3.44. The average molecular weight is 382 g/mol. The number of benzene rings is 1. The summed E-state index contributed by atoms with van der Waals surface area (Å²) in [4.78, 5) is 31.1. The summed E-state index contributed by atoms with van der Waals surface area (Å²) < 4.78 is 5.35. The number of carbonyl (C=O) groups is 2. The standard InChI is InChI=1S/C21H26N4O3/c26-20(24-9-5-2-6-10-24)16-23-11-13-25(14-12-23)21(27)18-15-19(28-22-18)17-7-3-1-4-8-17/h1,3-4,7-8,15H,2,5-6,9-14,16H2. The van der Waals surface area contributed by atoms with Gasteiger partial charge in [0.05, 0.1) is 6.54 Å². The van der Waals surface area contributed by atoms with E-state index >= 15 is 0 Å². The topological polar surface area (TPSA) is 69.9 Å². The number of aromatic nitrogens is 1. The minimum absolute atomic E-state index is 0.118. The summed E-state index contributed by atoms with van der Waals surface area (Å²) in [6, 6.07) is 11.3. The molecule has 1 aromatic carbocycles. The molecule has 0 spiro atoms. The lowest BCUT2D eigenvalue weighted by atomic mass is 10.1. The third kappa shape index (κ3) is 4.25. The molecule has 2 amide bonds. The van der Waals surface area contributed by atoms with Crippen molar-refractivity contribution in [2.45, 2.75) is 19.3 Å². The van der Waals surface area contributed by atoms with E-state index in [1.807, 2.05) is 35.2 Å². The van der Waals surface area contributed by atoms with Gasteiger partial charge >= 0.3 is 0 Å². The van der Waals surface area contributed by atoms with Gasteiger partial charge in [0.25, 0.3) is 5.91 Å². The zero-order chi connectivity index (χ0) is 19.3. The zero-order valence-electron chi connectivity index (χ0n) is 16.0. The Labute approximate surface area is 164 Å². The monoisotopic (exact) mass is 382 g/mol. The first kappa shape index (κ1) is 18.7. The van der Waals surface area contributed by atoms with Crippen molar-refractivity contribution in [1.29, 1.82) is 0 Å². The number of piperidine rings is 1. The van der Waals surface area contributed by atoms with Crippen LogP contribution in [0.15, 0.2) is 40.9 Å². The molecule has 28 heavy (non-hydrogen) atoms. The Bertz CT molecular complexity index is 806. The van der Waals surface area contributed by atoms with Crippen molar-refractivity contribution in [3.8, 4) is 11.3 Å². The van der Waals surface area contributed by atoms with E-state index in [0.717, 1.165) is 31.5 Å². The van der Waals surface area contributed by atoms with Gasteiger partial charge in [-0.05, 0) is 19.3 Å². The van der Waals surface area contributed by atoms with Crippen molar-refractivity contribution in [3.63, 3.8) is 0 Å². The number of hydrogen-bond donors (Lipinski definition) is 0. The summed E-state index contributed by atoms with van der Waals surface area (Å²) in [5.41, 5.74) is 1.23. The second kappa shape index (κ2) is 8.56. The normalized spacial score (nSPS) is 18.3. The molecule has 0 saturated carbocycles. The van der Waals surface area contributed by atoms with Crippen LogP contribution in [0.4, 0.5) is 0 Å². The molecule has 0 radical (unpaired) electrons. The van der Waals surface area contributed by atoms with Crippen LogP contribution in [0.2, 0.25) is 0 Å². The summed E-state index contributed by atoms with van der Waals surface area (Å²) in [5.74, 6) is 0.686. The van der Waals surface area contributed by atoms with E-state index in [4.69, 9.17) is 4.52 Å². The predicted molar refractivity (Wildman–Crippen MR) is 105 cm³/mol. The maximum atomic E-state index is 12.7. The van der Waals surface area contributed by atoms with E-state index in [-0.39, 0.29) is 11.8 Å². The van der Waals surface area contributed by atoms with Crippen LogP contribution in [0.1, 0.15) is 29.8 Å². The highest BCUT2D eigenvalue weighted by atomic mass is 16.5. The molecular weight excluding hydrogens is 356 g/mol. The maximum Gasteiger partial charge on any atom is 0.276 e. The third-order valence-corrected chi connectivity index (χ3v) is 5.51. The van der Waals surface area contributed by atoms with Crippen LogP contribution in [0.5, 0.6) is 0 Å². The quantitative estimate of drug-likeness (QED) is 0.810. The van der Waals surface area contributed by atoms with Gasteiger partial charge in [-0.25, -0.2) is 0 Å².